The number of pyridine rings is 1. The van der Waals surface area contributed by atoms with E-state index in [9.17, 15) is 9.59 Å². The Hall–Kier alpha value is -3.99. The molecule has 0 aliphatic heterocycles. The van der Waals surface area contributed by atoms with Gasteiger partial charge in [0.25, 0.3) is 0 Å². The van der Waals surface area contributed by atoms with Crippen molar-refractivity contribution in [3.8, 4) is 11.5 Å². The lowest BCUT2D eigenvalue weighted by Gasteiger charge is -2.31. The van der Waals surface area contributed by atoms with E-state index >= 15 is 0 Å². The van der Waals surface area contributed by atoms with E-state index in [2.05, 4.69) is 17.1 Å². The molecule has 0 spiro atoms. The number of benzene rings is 2. The second kappa shape index (κ2) is 8.87. The third-order valence-electron chi connectivity index (χ3n) is 6.09. The summed E-state index contributed by atoms with van der Waals surface area (Å²) in [4.78, 5) is 30.9. The summed E-state index contributed by atoms with van der Waals surface area (Å²) in [5.74, 6) is 0.136. The fraction of sp³-hybridized carbons (Fsp3) is 0.179. The number of nitrogens with zero attached hydrogens (tertiary/aromatic N) is 1. The van der Waals surface area contributed by atoms with Gasteiger partial charge in [-0.1, -0.05) is 54.6 Å². The van der Waals surface area contributed by atoms with Crippen molar-refractivity contribution in [2.24, 2.45) is 0 Å². The van der Waals surface area contributed by atoms with Crippen molar-refractivity contribution in [3.05, 3.63) is 108 Å². The smallest absolute Gasteiger partial charge is 0.312 e. The Labute approximate surface area is 192 Å². The molecule has 0 atom stereocenters. The van der Waals surface area contributed by atoms with Gasteiger partial charge in [-0.25, -0.2) is 0 Å². The molecule has 0 N–H and O–H groups in total. The highest BCUT2D eigenvalue weighted by Crippen LogP contribution is 2.54. The van der Waals surface area contributed by atoms with Crippen LogP contribution in [0.5, 0.6) is 11.5 Å². The second-order valence-corrected chi connectivity index (χ2v) is 8.22. The summed E-state index contributed by atoms with van der Waals surface area (Å²) in [6.07, 6.45) is 7.77. The third-order valence-corrected chi connectivity index (χ3v) is 6.09. The summed E-state index contributed by atoms with van der Waals surface area (Å²) in [5, 5.41) is 0. The lowest BCUT2D eigenvalue weighted by Crippen LogP contribution is -2.35. The molecule has 2 aromatic carbocycles. The van der Waals surface area contributed by atoms with Gasteiger partial charge in [0.05, 0.1) is 18.5 Å². The van der Waals surface area contributed by atoms with Crippen LogP contribution in [0.25, 0.3) is 5.57 Å². The molecule has 3 aromatic rings. The van der Waals surface area contributed by atoms with Crippen molar-refractivity contribution in [2.45, 2.75) is 31.1 Å². The third kappa shape index (κ3) is 4.10. The normalized spacial score (nSPS) is 15.5. The molecule has 1 aromatic heterocycles. The molecule has 1 heterocycles. The molecule has 0 bridgehead atoms. The Morgan fingerprint density at radius 3 is 1.94 bits per heavy atom. The number of para-hydroxylation sites is 2. The summed E-state index contributed by atoms with van der Waals surface area (Å²) >= 11 is 0. The van der Waals surface area contributed by atoms with Gasteiger partial charge in [0.2, 0.25) is 0 Å². The molecular formula is C28H23NO4. The molecule has 0 amide bonds. The van der Waals surface area contributed by atoms with Crippen LogP contribution in [-0.4, -0.2) is 16.9 Å². The van der Waals surface area contributed by atoms with Gasteiger partial charge >= 0.3 is 11.9 Å². The maximum atomic E-state index is 13.2. The predicted octanol–water partition coefficient (Wildman–Crippen LogP) is 5.43. The molecule has 0 saturated carbocycles. The number of ether oxygens (including phenoxy) is 2. The number of allylic oxidation sites excluding steroid dienone is 4. The minimum absolute atomic E-state index is 0.00759. The van der Waals surface area contributed by atoms with Gasteiger partial charge in [-0.2, -0.15) is 0 Å². The monoisotopic (exact) mass is 437 g/mol. The van der Waals surface area contributed by atoms with Crippen molar-refractivity contribution in [3.63, 3.8) is 0 Å². The van der Waals surface area contributed by atoms with Gasteiger partial charge in [0.15, 0.2) is 0 Å². The van der Waals surface area contributed by atoms with Gasteiger partial charge in [-0.3, -0.25) is 14.6 Å². The number of carbonyl (C=O) groups excluding carboxylic acids is 2. The average molecular weight is 437 g/mol. The fourth-order valence-corrected chi connectivity index (χ4v) is 4.75. The van der Waals surface area contributed by atoms with Crippen LogP contribution >= 0.6 is 0 Å². The van der Waals surface area contributed by atoms with Crippen LogP contribution in [0.1, 0.15) is 36.9 Å². The average Bonchev–Trinajstić information content (AvgIpc) is 3.10. The van der Waals surface area contributed by atoms with Crippen LogP contribution in [0, 0.1) is 0 Å². The highest BCUT2D eigenvalue weighted by atomic mass is 16.5. The van der Waals surface area contributed by atoms with Crippen molar-refractivity contribution < 1.29 is 19.1 Å². The van der Waals surface area contributed by atoms with Crippen molar-refractivity contribution in [1.29, 1.82) is 0 Å². The largest absolute Gasteiger partial charge is 0.426 e. The first-order chi connectivity index (χ1) is 16.2. The number of aromatic nitrogens is 1. The van der Waals surface area contributed by atoms with Crippen molar-refractivity contribution >= 4 is 17.5 Å². The van der Waals surface area contributed by atoms with Gasteiger partial charge in [-0.05, 0) is 54.3 Å². The summed E-state index contributed by atoms with van der Waals surface area (Å²) in [7, 11) is 0. The predicted molar refractivity (Wildman–Crippen MR) is 125 cm³/mol. The molecule has 0 fully saturated rings. The first-order valence-electron chi connectivity index (χ1n) is 11.0. The lowest BCUT2D eigenvalue weighted by molar-refractivity contribution is -0.138. The zero-order valence-electron chi connectivity index (χ0n) is 18.1. The van der Waals surface area contributed by atoms with Gasteiger partial charge in [0, 0.05) is 17.2 Å². The maximum absolute atomic E-state index is 13.2. The number of carbonyl (C=O) groups is 2. The molecule has 0 saturated heterocycles. The summed E-state index contributed by atoms with van der Waals surface area (Å²) < 4.78 is 11.3. The number of hydrogen-bond acceptors (Lipinski definition) is 5. The van der Waals surface area contributed by atoms with Crippen LogP contribution in [-0.2, 0) is 15.0 Å². The SMILES string of the molecule is O=C(CC1(CC(=O)Oc2ccccc2)C2=CCCC=C2c2ncccc21)Oc1ccccc1. The molecular weight excluding hydrogens is 414 g/mol. The maximum Gasteiger partial charge on any atom is 0.312 e. The quantitative estimate of drug-likeness (QED) is 0.380. The minimum Gasteiger partial charge on any atom is -0.426 e. The standard InChI is InChI=1S/C28H23NO4/c30-25(32-20-10-3-1-4-11-20)18-28(19-26(31)33-21-12-5-2-6-13-21)23-15-8-7-14-22(23)27-24(28)16-9-17-29-27/h1-6,9-17H,7-8,18-19H2. The Bertz CT molecular complexity index is 1190. The second-order valence-electron chi connectivity index (χ2n) is 8.22. The highest BCUT2D eigenvalue weighted by Gasteiger charge is 2.50. The van der Waals surface area contributed by atoms with Crippen LogP contribution in [0.3, 0.4) is 0 Å². The Morgan fingerprint density at radius 1 is 0.758 bits per heavy atom. The highest BCUT2D eigenvalue weighted by molar-refractivity contribution is 5.94. The first-order valence-corrected chi connectivity index (χ1v) is 11.0. The molecule has 164 valence electrons. The van der Waals surface area contributed by atoms with Crippen molar-refractivity contribution in [1.82, 2.24) is 4.98 Å². The first kappa shape index (κ1) is 20.9. The number of fused-ring (bicyclic) bond motifs is 3. The van der Waals surface area contributed by atoms with Gasteiger partial charge in [0.1, 0.15) is 11.5 Å². The van der Waals surface area contributed by atoms with E-state index in [0.29, 0.717) is 11.5 Å². The zero-order valence-corrected chi connectivity index (χ0v) is 18.1. The Balaban J connectivity index is 1.52. The summed E-state index contributed by atoms with van der Waals surface area (Å²) in [6, 6.07) is 21.7. The minimum atomic E-state index is -0.895. The van der Waals surface area contributed by atoms with Gasteiger partial charge in [-0.15, -0.1) is 0 Å². The van der Waals surface area contributed by atoms with Crippen LogP contribution in [0.15, 0.2) is 96.7 Å². The van der Waals surface area contributed by atoms with E-state index in [1.165, 1.54) is 0 Å². The molecule has 5 heteroatoms. The molecule has 2 aliphatic carbocycles. The van der Waals surface area contributed by atoms with E-state index in [-0.39, 0.29) is 12.8 Å². The van der Waals surface area contributed by atoms with E-state index in [1.54, 1.807) is 30.5 Å². The van der Waals surface area contributed by atoms with Crippen molar-refractivity contribution in [2.75, 3.05) is 0 Å². The van der Waals surface area contributed by atoms with E-state index < -0.39 is 17.4 Å². The summed E-state index contributed by atoms with van der Waals surface area (Å²) in [5.41, 5.74) is 2.74. The molecule has 5 nitrogen and oxygen atoms in total. The molecule has 5 rings (SSSR count). The van der Waals surface area contributed by atoms with Crippen LogP contribution < -0.4 is 9.47 Å². The topological polar surface area (TPSA) is 65.5 Å². The lowest BCUT2D eigenvalue weighted by atomic mass is 9.71. The molecule has 0 radical (unpaired) electrons. The Kier molecular flexibility index (Phi) is 5.61. The number of rotatable bonds is 6. The number of esters is 2. The summed E-state index contributed by atoms with van der Waals surface area (Å²) in [6.45, 7) is 0. The number of hydrogen-bond donors (Lipinski definition) is 0. The fourth-order valence-electron chi connectivity index (χ4n) is 4.75. The van der Waals surface area contributed by atoms with Gasteiger partial charge < -0.3 is 9.47 Å². The van der Waals surface area contributed by atoms with E-state index in [4.69, 9.17) is 9.47 Å². The van der Waals surface area contributed by atoms with Crippen LogP contribution in [0.2, 0.25) is 0 Å². The molecule has 2 aliphatic rings. The zero-order chi connectivity index (χ0) is 22.7. The van der Waals surface area contributed by atoms with E-state index in [0.717, 1.165) is 35.2 Å². The molecule has 0 unspecified atom stereocenters. The Morgan fingerprint density at radius 2 is 1.33 bits per heavy atom. The van der Waals surface area contributed by atoms with Crippen LogP contribution in [0.4, 0.5) is 0 Å². The van der Waals surface area contributed by atoms with E-state index in [1.807, 2.05) is 48.5 Å². The molecule has 33 heavy (non-hydrogen) atoms.